The summed E-state index contributed by atoms with van der Waals surface area (Å²) in [5, 5.41) is 4.46. The van der Waals surface area contributed by atoms with Crippen molar-refractivity contribution < 1.29 is 17.9 Å². The summed E-state index contributed by atoms with van der Waals surface area (Å²) in [6.07, 6.45) is 1.51. The first-order valence-corrected chi connectivity index (χ1v) is 11.9. The molecule has 158 valence electrons. The van der Waals surface area contributed by atoms with Gasteiger partial charge in [0.25, 0.3) is 10.0 Å². The maximum Gasteiger partial charge on any atom is 0.268 e. The minimum Gasteiger partial charge on any atom is -0.347 e. The highest BCUT2D eigenvalue weighted by Gasteiger charge is 2.49. The molecule has 5 rings (SSSR count). The van der Waals surface area contributed by atoms with Crippen LogP contribution in [-0.4, -0.2) is 37.9 Å². The Kier molecular flexibility index (Phi) is 4.94. The lowest BCUT2D eigenvalue weighted by molar-refractivity contribution is -0.215. The molecule has 1 aromatic heterocycles. The van der Waals surface area contributed by atoms with Crippen LogP contribution in [0.1, 0.15) is 31.5 Å². The van der Waals surface area contributed by atoms with Gasteiger partial charge in [0.05, 0.1) is 35.4 Å². The van der Waals surface area contributed by atoms with Crippen LogP contribution in [0.15, 0.2) is 65.6 Å². The summed E-state index contributed by atoms with van der Waals surface area (Å²) in [4.78, 5) is 0.276. The minimum absolute atomic E-state index is 0.197. The smallest absolute Gasteiger partial charge is 0.268 e. The summed E-state index contributed by atoms with van der Waals surface area (Å²) in [6.45, 7) is 4.01. The molecule has 2 saturated heterocycles. The molecule has 6 nitrogen and oxygen atoms in total. The first-order chi connectivity index (χ1) is 14.5. The van der Waals surface area contributed by atoms with Gasteiger partial charge in [-0.2, -0.15) is 0 Å². The summed E-state index contributed by atoms with van der Waals surface area (Å²) in [6, 6.07) is 18.0. The molecule has 2 aliphatic heterocycles. The van der Waals surface area contributed by atoms with Crippen LogP contribution in [0.4, 0.5) is 0 Å². The number of fused-ring (bicyclic) bond motifs is 1. The molecule has 2 aliphatic rings. The van der Waals surface area contributed by atoms with Crippen LogP contribution in [-0.2, 0) is 19.5 Å². The Bertz CT molecular complexity index is 1150. The van der Waals surface area contributed by atoms with Gasteiger partial charge in [-0.05, 0) is 30.7 Å². The Hall–Kier alpha value is -2.19. The van der Waals surface area contributed by atoms with Gasteiger partial charge in [-0.3, -0.25) is 0 Å². The van der Waals surface area contributed by atoms with E-state index in [1.807, 2.05) is 36.4 Å². The fourth-order valence-corrected chi connectivity index (χ4v) is 6.41. The van der Waals surface area contributed by atoms with Crippen molar-refractivity contribution in [3.05, 3.63) is 66.4 Å². The highest BCUT2D eigenvalue weighted by Crippen LogP contribution is 2.43. The van der Waals surface area contributed by atoms with E-state index in [9.17, 15) is 8.42 Å². The topological polar surface area (TPSA) is 69.6 Å². The fraction of sp³-hybridized carbons (Fsp3) is 0.391. The van der Waals surface area contributed by atoms with Crippen molar-refractivity contribution in [1.82, 2.24) is 9.29 Å². The average Bonchev–Trinajstić information content (AvgIpc) is 3.39. The predicted molar refractivity (Wildman–Crippen MR) is 115 cm³/mol. The molecule has 0 bridgehead atoms. The molecule has 0 unspecified atom stereocenters. The van der Waals surface area contributed by atoms with Crippen LogP contribution in [0.25, 0.3) is 10.9 Å². The number of rotatable bonds is 4. The van der Waals surface area contributed by atoms with E-state index in [4.69, 9.17) is 9.47 Å². The second-order valence-corrected chi connectivity index (χ2v) is 9.78. The molecule has 0 saturated carbocycles. The molecule has 0 amide bonds. The summed E-state index contributed by atoms with van der Waals surface area (Å²) in [5.74, 6) is -0.414. The number of para-hydroxylation sites is 1. The SMILES string of the molecule is CC[C@H]1CN[C@H](c2cc3ccccc3n2S(=O)(=O)c2ccccc2)CC12OCCO2. The number of hydrogen-bond acceptors (Lipinski definition) is 5. The van der Waals surface area contributed by atoms with Gasteiger partial charge in [-0.25, -0.2) is 12.4 Å². The molecule has 7 heteroatoms. The lowest BCUT2D eigenvalue weighted by Gasteiger charge is -2.43. The molecule has 0 radical (unpaired) electrons. The molecular formula is C23H26N2O4S. The number of piperidine rings is 1. The van der Waals surface area contributed by atoms with Crippen molar-refractivity contribution in [1.29, 1.82) is 0 Å². The molecule has 1 spiro atoms. The van der Waals surface area contributed by atoms with Gasteiger partial charge in [0.2, 0.25) is 0 Å². The van der Waals surface area contributed by atoms with E-state index >= 15 is 0 Å². The molecule has 0 aliphatic carbocycles. The lowest BCUT2D eigenvalue weighted by Crippen LogP contribution is -2.52. The van der Waals surface area contributed by atoms with E-state index in [2.05, 4.69) is 12.2 Å². The van der Waals surface area contributed by atoms with Crippen LogP contribution in [0.5, 0.6) is 0 Å². The highest BCUT2D eigenvalue weighted by molar-refractivity contribution is 7.90. The zero-order valence-electron chi connectivity index (χ0n) is 17.0. The Morgan fingerprint density at radius 2 is 1.77 bits per heavy atom. The Labute approximate surface area is 176 Å². The number of benzene rings is 2. The highest BCUT2D eigenvalue weighted by atomic mass is 32.2. The largest absolute Gasteiger partial charge is 0.347 e. The van der Waals surface area contributed by atoms with Gasteiger partial charge in [0.15, 0.2) is 5.79 Å². The maximum atomic E-state index is 13.7. The average molecular weight is 427 g/mol. The van der Waals surface area contributed by atoms with Crippen LogP contribution >= 0.6 is 0 Å². The number of nitrogens with one attached hydrogen (secondary N) is 1. The molecule has 1 N–H and O–H groups in total. The monoisotopic (exact) mass is 426 g/mol. The first-order valence-electron chi connectivity index (χ1n) is 10.5. The Morgan fingerprint density at radius 3 is 2.50 bits per heavy atom. The summed E-state index contributed by atoms with van der Waals surface area (Å²) in [5.41, 5.74) is 1.39. The third-order valence-electron chi connectivity index (χ3n) is 6.32. The van der Waals surface area contributed by atoms with Crippen LogP contribution < -0.4 is 5.32 Å². The first kappa shape index (κ1) is 19.8. The van der Waals surface area contributed by atoms with E-state index in [0.717, 1.165) is 11.8 Å². The lowest BCUT2D eigenvalue weighted by atomic mass is 9.85. The molecule has 3 heterocycles. The van der Waals surface area contributed by atoms with E-state index in [1.165, 1.54) is 3.97 Å². The quantitative estimate of drug-likeness (QED) is 0.689. The second kappa shape index (κ2) is 7.50. The van der Waals surface area contributed by atoms with Crippen LogP contribution in [0.3, 0.4) is 0 Å². The van der Waals surface area contributed by atoms with Gasteiger partial charge in [-0.1, -0.05) is 43.3 Å². The van der Waals surface area contributed by atoms with Crippen molar-refractivity contribution >= 4 is 20.9 Å². The zero-order valence-corrected chi connectivity index (χ0v) is 17.8. The fourth-order valence-electron chi connectivity index (χ4n) is 4.81. The van der Waals surface area contributed by atoms with Gasteiger partial charge in [-0.15, -0.1) is 0 Å². The molecular weight excluding hydrogens is 400 g/mol. The maximum absolute atomic E-state index is 13.7. The molecule has 2 fully saturated rings. The van der Waals surface area contributed by atoms with Gasteiger partial charge in [0.1, 0.15) is 0 Å². The van der Waals surface area contributed by atoms with Crippen LogP contribution in [0, 0.1) is 5.92 Å². The van der Waals surface area contributed by atoms with Crippen molar-refractivity contribution in [2.24, 2.45) is 5.92 Å². The van der Waals surface area contributed by atoms with E-state index in [1.54, 1.807) is 24.3 Å². The number of aromatic nitrogens is 1. The second-order valence-electron chi connectivity index (χ2n) is 7.99. The summed E-state index contributed by atoms with van der Waals surface area (Å²) >= 11 is 0. The van der Waals surface area contributed by atoms with E-state index < -0.39 is 15.8 Å². The third kappa shape index (κ3) is 3.08. The van der Waals surface area contributed by atoms with Crippen LogP contribution in [0.2, 0.25) is 0 Å². The predicted octanol–water partition coefficient (Wildman–Crippen LogP) is 3.68. The normalized spacial score (nSPS) is 23.9. The summed E-state index contributed by atoms with van der Waals surface area (Å²) < 4.78 is 41.0. The van der Waals surface area contributed by atoms with Gasteiger partial charge >= 0.3 is 0 Å². The number of ether oxygens (including phenoxy) is 2. The summed E-state index contributed by atoms with van der Waals surface area (Å²) in [7, 11) is -3.76. The zero-order chi connectivity index (χ0) is 20.8. The van der Waals surface area contributed by atoms with Crippen molar-refractivity contribution in [2.45, 2.75) is 36.5 Å². The number of hydrogen-bond donors (Lipinski definition) is 1. The third-order valence-corrected chi connectivity index (χ3v) is 8.08. The Morgan fingerprint density at radius 1 is 1.07 bits per heavy atom. The van der Waals surface area contributed by atoms with Crippen molar-refractivity contribution in [3.63, 3.8) is 0 Å². The Balaban J connectivity index is 1.65. The molecule has 30 heavy (non-hydrogen) atoms. The minimum atomic E-state index is -3.76. The number of nitrogens with zero attached hydrogens (tertiary/aromatic N) is 1. The molecule has 2 atom stereocenters. The van der Waals surface area contributed by atoms with Crippen molar-refractivity contribution in [3.8, 4) is 0 Å². The van der Waals surface area contributed by atoms with Crippen molar-refractivity contribution in [2.75, 3.05) is 19.8 Å². The molecule has 3 aromatic rings. The van der Waals surface area contributed by atoms with E-state index in [0.29, 0.717) is 37.4 Å². The van der Waals surface area contributed by atoms with E-state index in [-0.39, 0.29) is 16.9 Å². The molecule has 2 aromatic carbocycles. The standard InChI is InChI=1S/C23H26N2O4S/c1-2-18-16-24-20(15-23(18)28-12-13-29-23)22-14-17-8-6-7-11-21(17)25(22)30(26,27)19-9-4-3-5-10-19/h3-11,14,18,20,24H,2,12-13,15-16H2,1H3/t18-,20-/m0/s1. The van der Waals surface area contributed by atoms with Gasteiger partial charge in [0, 0.05) is 24.3 Å². The van der Waals surface area contributed by atoms with Gasteiger partial charge < -0.3 is 14.8 Å².